The summed E-state index contributed by atoms with van der Waals surface area (Å²) >= 11 is 0. The Bertz CT molecular complexity index is 777. The van der Waals surface area contributed by atoms with Crippen molar-refractivity contribution in [2.75, 3.05) is 0 Å². The number of ether oxygens (including phenoxy) is 1. The van der Waals surface area contributed by atoms with Crippen LogP contribution in [0.3, 0.4) is 0 Å². The van der Waals surface area contributed by atoms with Crippen LogP contribution in [0, 0.1) is 0 Å². The molecule has 0 N–H and O–H groups in total. The molecule has 2 heterocycles. The second kappa shape index (κ2) is 7.92. The van der Waals surface area contributed by atoms with E-state index in [-0.39, 0.29) is 12.4 Å². The number of benzene rings is 1. The summed E-state index contributed by atoms with van der Waals surface area (Å²) in [6, 6.07) is 13.3. The third-order valence-corrected chi connectivity index (χ3v) is 3.38. The molecule has 0 saturated heterocycles. The van der Waals surface area contributed by atoms with Gasteiger partial charge >= 0.3 is 5.97 Å². The Hall–Kier alpha value is -3.15. The van der Waals surface area contributed by atoms with Gasteiger partial charge in [0.15, 0.2) is 18.6 Å². The molecule has 6 heteroatoms. The van der Waals surface area contributed by atoms with Gasteiger partial charge in [-0.15, -0.1) is 0 Å². The Morgan fingerprint density at radius 2 is 1.83 bits per heavy atom. The quantitative estimate of drug-likeness (QED) is 0.513. The van der Waals surface area contributed by atoms with Gasteiger partial charge in [-0.3, -0.25) is 4.79 Å². The zero-order valence-corrected chi connectivity index (χ0v) is 13.1. The number of esters is 1. The first kappa shape index (κ1) is 15.7. The summed E-state index contributed by atoms with van der Waals surface area (Å²) in [5.74, 6) is 0.378. The molecule has 24 heavy (non-hydrogen) atoms. The molecule has 0 saturated carbocycles. The van der Waals surface area contributed by atoms with E-state index in [1.807, 2.05) is 36.4 Å². The first-order valence-corrected chi connectivity index (χ1v) is 7.64. The lowest BCUT2D eigenvalue weighted by Gasteiger charge is -2.03. The van der Waals surface area contributed by atoms with Crippen LogP contribution in [-0.2, 0) is 22.7 Å². The average Bonchev–Trinajstić information content (AvgIpc) is 2.67. The molecule has 120 valence electrons. The maximum Gasteiger partial charge on any atom is 0.312 e. The van der Waals surface area contributed by atoms with E-state index in [1.54, 1.807) is 35.5 Å². The maximum absolute atomic E-state index is 11.8. The van der Waals surface area contributed by atoms with Crippen molar-refractivity contribution in [3.05, 3.63) is 72.8 Å². The van der Waals surface area contributed by atoms with Crippen LogP contribution in [0.5, 0.6) is 0 Å². The van der Waals surface area contributed by atoms with Crippen molar-refractivity contribution in [2.45, 2.75) is 19.6 Å². The number of aromatic nitrogens is 4. The van der Waals surface area contributed by atoms with Gasteiger partial charge in [0.25, 0.3) is 0 Å². The molecule has 0 spiro atoms. The fourth-order valence-electron chi connectivity index (χ4n) is 2.11. The molecule has 3 rings (SSSR count). The minimum absolute atomic E-state index is 0.247. The summed E-state index contributed by atoms with van der Waals surface area (Å²) in [7, 11) is 0. The van der Waals surface area contributed by atoms with Gasteiger partial charge in [-0.1, -0.05) is 35.0 Å². The molecule has 0 amide bonds. The van der Waals surface area contributed by atoms with Crippen molar-refractivity contribution in [3.8, 4) is 11.4 Å². The van der Waals surface area contributed by atoms with E-state index in [1.165, 1.54) is 0 Å². The van der Waals surface area contributed by atoms with Crippen LogP contribution >= 0.6 is 0 Å². The molecule has 0 aliphatic rings. The van der Waals surface area contributed by atoms with Crippen LogP contribution in [-0.4, -0.2) is 21.0 Å². The molecule has 2 aromatic heterocycles. The van der Waals surface area contributed by atoms with Crippen LogP contribution in [0.1, 0.15) is 12.0 Å². The van der Waals surface area contributed by atoms with Gasteiger partial charge in [0, 0.05) is 24.0 Å². The zero-order valence-electron chi connectivity index (χ0n) is 13.1. The van der Waals surface area contributed by atoms with Gasteiger partial charge in [-0.25, -0.2) is 9.97 Å². The molecule has 6 nitrogen and oxygen atoms in total. The molecule has 0 unspecified atom stereocenters. The standard InChI is InChI=1S/C18H17N4O2/c23-17(24-14-15-5-2-1-3-6-15)8-12-22-11-7-16(13-21-22)18-19-9-4-10-20-18/h1-7,9-11,13H,8,12,14H2/q+1. The minimum Gasteiger partial charge on any atom is -0.461 e. The van der Waals surface area contributed by atoms with Crippen molar-refractivity contribution in [2.24, 2.45) is 0 Å². The molecule has 0 atom stereocenters. The topological polar surface area (TPSA) is 68.9 Å². The van der Waals surface area contributed by atoms with Crippen LogP contribution in [0.4, 0.5) is 0 Å². The summed E-state index contributed by atoms with van der Waals surface area (Å²) in [6.07, 6.45) is 7.13. The van der Waals surface area contributed by atoms with Crippen molar-refractivity contribution < 1.29 is 14.2 Å². The fourth-order valence-corrected chi connectivity index (χ4v) is 2.11. The lowest BCUT2D eigenvalue weighted by atomic mass is 10.2. The molecule has 3 aromatic rings. The van der Waals surface area contributed by atoms with Crippen molar-refractivity contribution >= 4 is 5.97 Å². The summed E-state index contributed by atoms with van der Waals surface area (Å²) < 4.78 is 6.93. The Labute approximate surface area is 139 Å². The molecule has 0 bridgehead atoms. The number of nitrogens with zero attached hydrogens (tertiary/aromatic N) is 4. The molecule has 0 radical (unpaired) electrons. The highest BCUT2D eigenvalue weighted by molar-refractivity contribution is 5.69. The van der Waals surface area contributed by atoms with Crippen LogP contribution in [0.25, 0.3) is 11.4 Å². The van der Waals surface area contributed by atoms with E-state index < -0.39 is 0 Å². The van der Waals surface area contributed by atoms with Crippen molar-refractivity contribution in [1.82, 2.24) is 15.1 Å². The van der Waals surface area contributed by atoms with E-state index in [0.717, 1.165) is 11.1 Å². The predicted octanol–water partition coefficient (Wildman–Crippen LogP) is 1.96. The van der Waals surface area contributed by atoms with E-state index in [2.05, 4.69) is 15.1 Å². The van der Waals surface area contributed by atoms with E-state index in [9.17, 15) is 4.79 Å². The Kier molecular flexibility index (Phi) is 5.19. The Morgan fingerprint density at radius 3 is 2.54 bits per heavy atom. The first-order chi connectivity index (χ1) is 11.8. The molecule has 1 aromatic carbocycles. The Balaban J connectivity index is 1.49. The normalized spacial score (nSPS) is 10.3. The number of aryl methyl sites for hydroxylation is 1. The minimum atomic E-state index is -0.247. The van der Waals surface area contributed by atoms with Crippen LogP contribution < -0.4 is 4.68 Å². The fraction of sp³-hybridized carbons (Fsp3) is 0.167. The molecule has 0 fully saturated rings. The SMILES string of the molecule is O=C(CC[n+]1ccc(-c2ncccn2)cn1)OCc1ccccc1. The molecular formula is C18H17N4O2+. The summed E-state index contributed by atoms with van der Waals surface area (Å²) in [6.45, 7) is 0.756. The first-order valence-electron chi connectivity index (χ1n) is 7.64. The van der Waals surface area contributed by atoms with Crippen LogP contribution in [0.2, 0.25) is 0 Å². The van der Waals surface area contributed by atoms with Gasteiger partial charge in [0.2, 0.25) is 0 Å². The van der Waals surface area contributed by atoms with Crippen molar-refractivity contribution in [1.29, 1.82) is 0 Å². The Morgan fingerprint density at radius 1 is 1.04 bits per heavy atom. The molecular weight excluding hydrogens is 304 g/mol. The summed E-state index contributed by atoms with van der Waals surface area (Å²) in [5.41, 5.74) is 1.81. The highest BCUT2D eigenvalue weighted by Gasteiger charge is 2.10. The van der Waals surface area contributed by atoms with Gasteiger partial charge < -0.3 is 4.74 Å². The number of hydrogen-bond acceptors (Lipinski definition) is 5. The second-order valence-corrected chi connectivity index (χ2v) is 5.15. The highest BCUT2D eigenvalue weighted by Crippen LogP contribution is 2.09. The van der Waals surface area contributed by atoms with E-state index >= 15 is 0 Å². The monoisotopic (exact) mass is 321 g/mol. The zero-order chi connectivity index (χ0) is 16.6. The molecule has 0 aliphatic carbocycles. The van der Waals surface area contributed by atoms with Crippen molar-refractivity contribution in [3.63, 3.8) is 0 Å². The lowest BCUT2D eigenvalue weighted by molar-refractivity contribution is -0.752. The number of rotatable bonds is 6. The number of carbonyl (C=O) groups excluding carboxylic acids is 1. The predicted molar refractivity (Wildman–Crippen MR) is 86.3 cm³/mol. The van der Waals surface area contributed by atoms with Gasteiger partial charge in [0.05, 0.1) is 0 Å². The lowest BCUT2D eigenvalue weighted by Crippen LogP contribution is -2.38. The second-order valence-electron chi connectivity index (χ2n) is 5.15. The smallest absolute Gasteiger partial charge is 0.312 e. The number of hydrogen-bond donors (Lipinski definition) is 0. The third-order valence-electron chi connectivity index (χ3n) is 3.38. The summed E-state index contributed by atoms with van der Waals surface area (Å²) in [5, 5.41) is 4.27. The van der Waals surface area contributed by atoms with E-state index in [0.29, 0.717) is 19.0 Å². The van der Waals surface area contributed by atoms with Crippen LogP contribution in [0.15, 0.2) is 67.3 Å². The van der Waals surface area contributed by atoms with Gasteiger partial charge in [-0.2, -0.15) is 0 Å². The van der Waals surface area contributed by atoms with Gasteiger partial charge in [0.1, 0.15) is 19.2 Å². The third kappa shape index (κ3) is 4.42. The average molecular weight is 321 g/mol. The summed E-state index contributed by atoms with van der Waals surface area (Å²) in [4.78, 5) is 20.1. The van der Waals surface area contributed by atoms with E-state index in [4.69, 9.17) is 4.74 Å². The van der Waals surface area contributed by atoms with Gasteiger partial charge in [-0.05, 0) is 16.7 Å². The number of carbonyl (C=O) groups is 1. The highest BCUT2D eigenvalue weighted by atomic mass is 16.5. The largest absolute Gasteiger partial charge is 0.461 e. The molecule has 0 aliphatic heterocycles. The maximum atomic E-state index is 11.8.